The van der Waals surface area contributed by atoms with Crippen LogP contribution in [0.1, 0.15) is 59.9 Å². The van der Waals surface area contributed by atoms with Crippen molar-refractivity contribution in [2.45, 2.75) is 83.0 Å². The molecule has 4 bridgehead atoms. The van der Waals surface area contributed by atoms with Gasteiger partial charge in [-0.2, -0.15) is 18.3 Å². The summed E-state index contributed by atoms with van der Waals surface area (Å²) in [4.78, 5) is 0. The van der Waals surface area contributed by atoms with Gasteiger partial charge in [-0.3, -0.25) is 0 Å². The lowest BCUT2D eigenvalue weighted by molar-refractivity contribution is -0.126. The Labute approximate surface area is 218 Å². The Hall–Kier alpha value is -0.650. The molecule has 1 aromatic heterocycles. The van der Waals surface area contributed by atoms with Gasteiger partial charge in [0, 0.05) is 11.8 Å². The third kappa shape index (κ3) is 4.20. The average Bonchev–Trinajstić information content (AvgIpc) is 3.30. The Morgan fingerprint density at radius 1 is 1.00 bits per heavy atom. The Morgan fingerprint density at radius 3 is 2.20 bits per heavy atom. The molecule has 0 saturated carbocycles. The molecule has 0 aliphatic carbocycles. The molecule has 6 nitrogen and oxygen atoms in total. The monoisotopic (exact) mass is 620 g/mol. The van der Waals surface area contributed by atoms with Crippen molar-refractivity contribution in [3.8, 4) is 0 Å². The zero-order valence-electron chi connectivity index (χ0n) is 20.4. The molecule has 188 valence electrons. The molecule has 0 amide bonds. The number of benzene rings is 1. The van der Waals surface area contributed by atoms with E-state index in [0.717, 1.165) is 10.9 Å². The van der Waals surface area contributed by atoms with Gasteiger partial charge in [0.25, 0.3) is 0 Å². The number of hydrogen-bond donors (Lipinski definition) is 0. The molecule has 2 saturated heterocycles. The number of nitrogens with zero attached hydrogens (tertiary/aromatic N) is 2. The van der Waals surface area contributed by atoms with Gasteiger partial charge >= 0.3 is 20.4 Å². The first-order valence-electron chi connectivity index (χ1n) is 11.4. The zero-order valence-corrected chi connectivity index (χ0v) is 23.6. The molecule has 3 aliphatic heterocycles. The number of alkyl halides is 3. The van der Waals surface area contributed by atoms with Crippen LogP contribution in [0.3, 0.4) is 0 Å². The van der Waals surface area contributed by atoms with Crippen LogP contribution >= 0.6 is 28.4 Å². The summed E-state index contributed by atoms with van der Waals surface area (Å²) >= 11 is 2.24. The summed E-state index contributed by atoms with van der Waals surface area (Å²) in [6, 6.07) is 5.52. The van der Waals surface area contributed by atoms with Gasteiger partial charge in [-0.05, 0) is 92.2 Å². The topological polar surface area (TPSA) is 54.7 Å². The normalized spacial score (nSPS) is 32.5. The number of aromatic nitrogens is 2. The lowest BCUT2D eigenvalue weighted by atomic mass is 9.61. The van der Waals surface area contributed by atoms with Crippen LogP contribution in [0.2, 0.25) is 0 Å². The fourth-order valence-electron chi connectivity index (χ4n) is 5.26. The van der Waals surface area contributed by atoms with Gasteiger partial charge in [-0.1, -0.05) is 6.07 Å². The molecule has 5 rings (SSSR count). The average molecular weight is 620 g/mol. The van der Waals surface area contributed by atoms with Crippen molar-refractivity contribution in [3.63, 3.8) is 0 Å². The molecule has 0 radical (unpaired) electrons. The Kier molecular flexibility index (Phi) is 6.07. The van der Waals surface area contributed by atoms with E-state index in [9.17, 15) is 13.2 Å². The van der Waals surface area contributed by atoms with Gasteiger partial charge < -0.3 is 18.6 Å². The smallest absolute Gasteiger partial charge is 0.400 e. The van der Waals surface area contributed by atoms with Crippen molar-refractivity contribution in [3.05, 3.63) is 35.4 Å². The van der Waals surface area contributed by atoms with E-state index in [1.807, 2.05) is 58.1 Å². The molecule has 3 atom stereocenters. The molecule has 0 spiro atoms. The molecule has 35 heavy (non-hydrogen) atoms. The highest BCUT2D eigenvalue weighted by Crippen LogP contribution is 2.54. The fraction of sp³-hybridized carbons (Fsp3) is 0.591. The van der Waals surface area contributed by atoms with Crippen LogP contribution in [-0.4, -0.2) is 52.4 Å². The van der Waals surface area contributed by atoms with Crippen molar-refractivity contribution in [1.29, 1.82) is 0 Å². The largest absolute Gasteiger partial charge is 0.494 e. The van der Waals surface area contributed by atoms with Gasteiger partial charge in [0.1, 0.15) is 0 Å². The van der Waals surface area contributed by atoms with Crippen molar-refractivity contribution < 1.29 is 31.8 Å². The molecular weight excluding hydrogens is 593 g/mol. The second-order valence-corrected chi connectivity index (χ2v) is 13.0. The Morgan fingerprint density at radius 2 is 1.60 bits per heavy atom. The summed E-state index contributed by atoms with van der Waals surface area (Å²) in [6.45, 7) is 11.4. The number of fused-ring (bicyclic) bond motifs is 5. The summed E-state index contributed by atoms with van der Waals surface area (Å²) in [7, 11) is -2.19. The van der Waals surface area contributed by atoms with E-state index in [-0.39, 0.29) is 5.47 Å². The minimum Gasteiger partial charge on any atom is -0.400 e. The second kappa shape index (κ2) is 8.17. The first-order valence-corrected chi connectivity index (χ1v) is 15.5. The zero-order chi connectivity index (χ0) is 25.6. The highest BCUT2D eigenvalue weighted by atomic mass is 127. The molecule has 1 aromatic carbocycles. The third-order valence-electron chi connectivity index (χ3n) is 7.98. The highest BCUT2D eigenvalue weighted by Gasteiger charge is 2.66. The fourth-order valence-corrected chi connectivity index (χ4v) is 6.81. The standard InChI is InChI=1S/C22H27B2F3IN2O4P/c1-18(2)20(5)12-21(6)19(3,4)32-24(34-21)17(15(10-22(25,26)27)23(31-18)33-20)13-7-8-16-14(9-13)11-29-30(16)35-28/h7-9,11,35H,10,12H2,1-6H3/b17-15-. The molecule has 3 aliphatic rings. The quantitative estimate of drug-likeness (QED) is 0.234. The minimum absolute atomic E-state index is 0.0243. The molecule has 2 fully saturated rings. The maximum atomic E-state index is 14.0. The van der Waals surface area contributed by atoms with E-state index in [1.165, 1.54) is 0 Å². The molecular formula is C22H27B2F3IN2O4P. The van der Waals surface area contributed by atoms with E-state index >= 15 is 0 Å². The van der Waals surface area contributed by atoms with Crippen molar-refractivity contribution in [2.24, 2.45) is 0 Å². The SMILES string of the molecule is CC1(C)OB2OC1(C)CC1(C)OB(OC1(C)C)/C(c1ccc3c(cnn3PI)c1)=C\2CC(F)(F)F. The van der Waals surface area contributed by atoms with E-state index < -0.39 is 49.2 Å². The minimum atomic E-state index is -4.49. The van der Waals surface area contributed by atoms with Crippen LogP contribution in [-0.2, 0) is 18.6 Å². The van der Waals surface area contributed by atoms with E-state index in [4.69, 9.17) is 18.6 Å². The summed E-state index contributed by atoms with van der Waals surface area (Å²) in [5.41, 5.74) is -1.63. The molecule has 2 aromatic rings. The molecule has 3 unspecified atom stereocenters. The Bertz CT molecular complexity index is 1220. The molecule has 13 heteroatoms. The summed E-state index contributed by atoms with van der Waals surface area (Å²) in [5.74, 6) is 0. The Balaban J connectivity index is 1.78. The number of halogens is 4. The first-order chi connectivity index (χ1) is 16.1. The number of allylic oxidation sites excluding steroid dienone is 1. The first kappa shape index (κ1) is 26.0. The number of rotatable bonds is 3. The van der Waals surface area contributed by atoms with Crippen molar-refractivity contribution >= 4 is 59.0 Å². The predicted octanol–water partition coefficient (Wildman–Crippen LogP) is 6.16. The third-order valence-corrected chi connectivity index (χ3v) is 9.86. The van der Waals surface area contributed by atoms with E-state index in [2.05, 4.69) is 27.1 Å². The second-order valence-electron chi connectivity index (χ2n) is 10.9. The summed E-state index contributed by atoms with van der Waals surface area (Å²) < 4.78 is 69.4. The van der Waals surface area contributed by atoms with Crippen LogP contribution in [0.25, 0.3) is 16.4 Å². The van der Waals surface area contributed by atoms with E-state index in [0.29, 0.717) is 23.8 Å². The summed E-state index contributed by atoms with van der Waals surface area (Å²) in [6.07, 6.45) is -3.18. The lowest BCUT2D eigenvalue weighted by Gasteiger charge is -2.45. The summed E-state index contributed by atoms with van der Waals surface area (Å²) in [5, 5.41) is 5.21. The predicted molar refractivity (Wildman–Crippen MR) is 140 cm³/mol. The van der Waals surface area contributed by atoms with Gasteiger partial charge in [-0.15, -0.1) is 0 Å². The lowest BCUT2D eigenvalue weighted by Crippen LogP contribution is -2.55. The van der Waals surface area contributed by atoms with Gasteiger partial charge in [0.05, 0.1) is 46.9 Å². The van der Waals surface area contributed by atoms with Crippen LogP contribution in [0.5, 0.6) is 0 Å². The number of hydrogen-bond acceptors (Lipinski definition) is 5. The maximum Gasteiger partial charge on any atom is 0.494 e. The molecule has 4 heterocycles. The van der Waals surface area contributed by atoms with Crippen molar-refractivity contribution in [1.82, 2.24) is 9.55 Å². The van der Waals surface area contributed by atoms with E-state index in [1.54, 1.807) is 12.3 Å². The van der Waals surface area contributed by atoms with Crippen LogP contribution in [0, 0.1) is 0 Å². The van der Waals surface area contributed by atoms with Gasteiger partial charge in [0.2, 0.25) is 0 Å². The van der Waals surface area contributed by atoms with Crippen LogP contribution < -0.4 is 0 Å². The highest BCUT2D eigenvalue weighted by molar-refractivity contribution is 14.2. The maximum absolute atomic E-state index is 14.0. The van der Waals surface area contributed by atoms with Crippen molar-refractivity contribution in [2.75, 3.05) is 0 Å². The van der Waals surface area contributed by atoms with Gasteiger partial charge in [-0.25, -0.2) is 4.45 Å². The van der Waals surface area contributed by atoms with Crippen LogP contribution in [0.4, 0.5) is 13.2 Å². The van der Waals surface area contributed by atoms with Crippen LogP contribution in [0.15, 0.2) is 29.9 Å². The van der Waals surface area contributed by atoms with Gasteiger partial charge in [0.15, 0.2) is 0 Å². The molecule has 0 N–H and O–H groups in total.